The van der Waals surface area contributed by atoms with E-state index in [9.17, 15) is 5.11 Å². The second kappa shape index (κ2) is 8.33. The predicted octanol–water partition coefficient (Wildman–Crippen LogP) is 1.57. The smallest absolute Gasteiger partial charge is 0.191 e. The van der Waals surface area contributed by atoms with Crippen LogP contribution in [0.25, 0.3) is 0 Å². The lowest BCUT2D eigenvalue weighted by Crippen LogP contribution is -2.45. The first-order valence-electron chi connectivity index (χ1n) is 7.93. The van der Waals surface area contributed by atoms with Gasteiger partial charge in [-0.05, 0) is 32.6 Å². The van der Waals surface area contributed by atoms with Crippen LogP contribution in [0.3, 0.4) is 0 Å². The van der Waals surface area contributed by atoms with Gasteiger partial charge in [0.05, 0.1) is 18.3 Å². The molecule has 124 valence electrons. The number of guanidine groups is 1. The first kappa shape index (κ1) is 17.0. The fourth-order valence-corrected chi connectivity index (χ4v) is 3.22. The number of thiazole rings is 1. The molecule has 7 heteroatoms. The molecular formula is C15H27N5OS. The normalized spacial score (nSPS) is 22.5. The molecule has 0 saturated heterocycles. The third kappa shape index (κ3) is 5.14. The van der Waals surface area contributed by atoms with Gasteiger partial charge in [-0.1, -0.05) is 0 Å². The van der Waals surface area contributed by atoms with Gasteiger partial charge in [0.15, 0.2) is 11.1 Å². The Kier molecular flexibility index (Phi) is 6.45. The third-order valence-corrected chi connectivity index (χ3v) is 4.76. The first-order chi connectivity index (χ1) is 10.6. The van der Waals surface area contributed by atoms with Gasteiger partial charge in [-0.15, -0.1) is 11.3 Å². The van der Waals surface area contributed by atoms with Crippen molar-refractivity contribution in [3.05, 3.63) is 11.1 Å². The third-order valence-electron chi connectivity index (χ3n) is 3.70. The number of aliphatic hydroxyl groups is 1. The molecule has 0 amide bonds. The molecule has 1 aromatic rings. The van der Waals surface area contributed by atoms with Crippen LogP contribution in [0.4, 0.5) is 5.13 Å². The zero-order valence-electron chi connectivity index (χ0n) is 13.7. The van der Waals surface area contributed by atoms with Crippen molar-refractivity contribution in [3.63, 3.8) is 0 Å². The molecule has 0 spiro atoms. The number of rotatable bonds is 5. The Morgan fingerprint density at radius 3 is 2.73 bits per heavy atom. The number of aliphatic hydroxyl groups excluding tert-OH is 1. The topological polar surface area (TPSA) is 72.8 Å². The fourth-order valence-electron chi connectivity index (χ4n) is 2.47. The van der Waals surface area contributed by atoms with Crippen LogP contribution >= 0.6 is 11.3 Å². The number of aromatic nitrogens is 1. The molecule has 0 aromatic carbocycles. The maximum Gasteiger partial charge on any atom is 0.191 e. The molecular weight excluding hydrogens is 298 g/mol. The number of nitrogens with one attached hydrogen (secondary N) is 2. The van der Waals surface area contributed by atoms with Gasteiger partial charge in [-0.25, -0.2) is 9.98 Å². The molecule has 22 heavy (non-hydrogen) atoms. The second-order valence-electron chi connectivity index (χ2n) is 5.86. The largest absolute Gasteiger partial charge is 0.393 e. The molecule has 0 atom stereocenters. The highest BCUT2D eigenvalue weighted by atomic mass is 32.1. The van der Waals surface area contributed by atoms with E-state index in [-0.39, 0.29) is 6.10 Å². The van der Waals surface area contributed by atoms with E-state index in [1.807, 2.05) is 19.0 Å². The van der Waals surface area contributed by atoms with Crippen molar-refractivity contribution < 1.29 is 5.11 Å². The maximum absolute atomic E-state index is 9.58. The Morgan fingerprint density at radius 2 is 2.14 bits per heavy atom. The molecule has 6 nitrogen and oxygen atoms in total. The fraction of sp³-hybridized carbons (Fsp3) is 0.733. The summed E-state index contributed by atoms with van der Waals surface area (Å²) in [6.07, 6.45) is 3.60. The molecule has 1 heterocycles. The minimum atomic E-state index is -0.128. The Hall–Kier alpha value is -1.34. The molecule has 1 fully saturated rings. The van der Waals surface area contributed by atoms with Crippen LogP contribution in [0.1, 0.15) is 38.3 Å². The van der Waals surface area contributed by atoms with Crippen molar-refractivity contribution >= 4 is 22.4 Å². The summed E-state index contributed by atoms with van der Waals surface area (Å²) in [4.78, 5) is 11.2. The van der Waals surface area contributed by atoms with Crippen LogP contribution in [-0.2, 0) is 6.54 Å². The summed E-state index contributed by atoms with van der Waals surface area (Å²) < 4.78 is 0. The first-order valence-corrected chi connectivity index (χ1v) is 8.81. The maximum atomic E-state index is 9.58. The molecule has 3 N–H and O–H groups in total. The van der Waals surface area contributed by atoms with E-state index in [1.54, 1.807) is 11.3 Å². The SMILES string of the molecule is CCNC(=NCc1csc(N(C)C)n1)NC1CCC(O)CC1. The lowest BCUT2D eigenvalue weighted by atomic mass is 9.93. The van der Waals surface area contributed by atoms with E-state index >= 15 is 0 Å². The van der Waals surface area contributed by atoms with Gasteiger partial charge in [0, 0.05) is 32.1 Å². The minimum absolute atomic E-state index is 0.128. The summed E-state index contributed by atoms with van der Waals surface area (Å²) in [5.41, 5.74) is 0.991. The van der Waals surface area contributed by atoms with Crippen molar-refractivity contribution in [3.8, 4) is 0 Å². The molecule has 0 radical (unpaired) electrons. The van der Waals surface area contributed by atoms with Crippen LogP contribution in [-0.4, -0.2) is 48.8 Å². The van der Waals surface area contributed by atoms with Crippen LogP contribution < -0.4 is 15.5 Å². The number of anilines is 1. The molecule has 1 aliphatic rings. The highest BCUT2D eigenvalue weighted by Crippen LogP contribution is 2.19. The molecule has 1 saturated carbocycles. The number of hydrogen-bond donors (Lipinski definition) is 3. The van der Waals surface area contributed by atoms with Crippen molar-refractivity contribution in [1.82, 2.24) is 15.6 Å². The number of nitrogens with zero attached hydrogens (tertiary/aromatic N) is 3. The van der Waals surface area contributed by atoms with Crippen LogP contribution in [0.5, 0.6) is 0 Å². The Balaban J connectivity index is 1.91. The summed E-state index contributed by atoms with van der Waals surface area (Å²) >= 11 is 1.64. The Morgan fingerprint density at radius 1 is 1.41 bits per heavy atom. The van der Waals surface area contributed by atoms with Crippen LogP contribution in [0.15, 0.2) is 10.4 Å². The highest BCUT2D eigenvalue weighted by Gasteiger charge is 2.19. The molecule has 1 aliphatic carbocycles. The van der Waals surface area contributed by atoms with Crippen LogP contribution in [0, 0.1) is 0 Å². The highest BCUT2D eigenvalue weighted by molar-refractivity contribution is 7.13. The van der Waals surface area contributed by atoms with Crippen molar-refractivity contribution in [2.45, 2.75) is 51.3 Å². The van der Waals surface area contributed by atoms with Gasteiger partial charge >= 0.3 is 0 Å². The predicted molar refractivity (Wildman–Crippen MR) is 92.7 cm³/mol. The van der Waals surface area contributed by atoms with Crippen molar-refractivity contribution in [1.29, 1.82) is 0 Å². The van der Waals surface area contributed by atoms with E-state index in [0.29, 0.717) is 12.6 Å². The molecule has 2 rings (SSSR count). The zero-order valence-corrected chi connectivity index (χ0v) is 14.5. The summed E-state index contributed by atoms with van der Waals surface area (Å²) in [5, 5.41) is 19.4. The monoisotopic (exact) mass is 325 g/mol. The number of aliphatic imine (C=N–C) groups is 1. The van der Waals surface area contributed by atoms with Gasteiger partial charge < -0.3 is 20.6 Å². The van der Waals surface area contributed by atoms with E-state index in [0.717, 1.165) is 49.0 Å². The second-order valence-corrected chi connectivity index (χ2v) is 6.70. The average molecular weight is 325 g/mol. The van der Waals surface area contributed by atoms with E-state index in [4.69, 9.17) is 0 Å². The molecule has 0 bridgehead atoms. The molecule has 1 aromatic heterocycles. The average Bonchev–Trinajstić information content (AvgIpc) is 2.96. The van der Waals surface area contributed by atoms with E-state index in [1.165, 1.54) is 0 Å². The quantitative estimate of drug-likeness (QED) is 0.566. The van der Waals surface area contributed by atoms with Crippen LogP contribution in [0.2, 0.25) is 0 Å². The van der Waals surface area contributed by atoms with Gasteiger partial charge in [0.1, 0.15) is 0 Å². The summed E-state index contributed by atoms with van der Waals surface area (Å²) in [6, 6.07) is 0.397. The van der Waals surface area contributed by atoms with Gasteiger partial charge in [-0.2, -0.15) is 0 Å². The molecule has 0 aliphatic heterocycles. The summed E-state index contributed by atoms with van der Waals surface area (Å²) in [5.74, 6) is 0.836. The lowest BCUT2D eigenvalue weighted by molar-refractivity contribution is 0.120. The summed E-state index contributed by atoms with van der Waals surface area (Å²) in [7, 11) is 3.99. The Labute approximate surface area is 136 Å². The van der Waals surface area contributed by atoms with Crippen molar-refractivity contribution in [2.75, 3.05) is 25.5 Å². The van der Waals surface area contributed by atoms with Gasteiger partial charge in [-0.3, -0.25) is 0 Å². The lowest BCUT2D eigenvalue weighted by Gasteiger charge is -2.27. The zero-order chi connectivity index (χ0) is 15.9. The number of hydrogen-bond acceptors (Lipinski definition) is 5. The summed E-state index contributed by atoms with van der Waals surface area (Å²) in [6.45, 7) is 3.48. The van der Waals surface area contributed by atoms with E-state index < -0.39 is 0 Å². The van der Waals surface area contributed by atoms with E-state index in [2.05, 4.69) is 32.9 Å². The Bertz CT molecular complexity index is 480. The van der Waals surface area contributed by atoms with Crippen molar-refractivity contribution in [2.24, 2.45) is 4.99 Å². The minimum Gasteiger partial charge on any atom is -0.393 e. The standard InChI is InChI=1S/C15H27N5OS/c1-4-16-14(18-11-5-7-13(21)8-6-11)17-9-12-10-22-15(19-12)20(2)3/h10-11,13,21H,4-9H2,1-3H3,(H2,16,17,18). The van der Waals surface area contributed by atoms with Gasteiger partial charge in [0.2, 0.25) is 0 Å². The molecule has 0 unspecified atom stereocenters. The van der Waals surface area contributed by atoms with Gasteiger partial charge in [0.25, 0.3) is 0 Å².